The van der Waals surface area contributed by atoms with E-state index in [0.29, 0.717) is 13.0 Å². The number of nitrogens with two attached hydrogens (primary N) is 1. The average molecular weight is 452 g/mol. The molecule has 9 heteroatoms. The molecule has 0 radical (unpaired) electrons. The lowest BCUT2D eigenvalue weighted by molar-refractivity contribution is -0.226. The Kier molecular flexibility index (Phi) is 9.31. The summed E-state index contributed by atoms with van der Waals surface area (Å²) in [4.78, 5) is 34.7. The van der Waals surface area contributed by atoms with Gasteiger partial charge in [-0.25, -0.2) is 0 Å². The van der Waals surface area contributed by atoms with Gasteiger partial charge in [-0.2, -0.15) is 0 Å². The average Bonchev–Trinajstić information content (AvgIpc) is 2.68. The van der Waals surface area contributed by atoms with Gasteiger partial charge in [-0.15, -0.1) is 0 Å². The molecule has 1 aliphatic rings. The van der Waals surface area contributed by atoms with E-state index in [1.807, 2.05) is 26.0 Å². The van der Waals surface area contributed by atoms with Gasteiger partial charge in [-0.1, -0.05) is 0 Å². The normalized spacial score (nSPS) is 22.7. The van der Waals surface area contributed by atoms with Crippen LogP contribution >= 0.6 is 0 Å². The molecule has 1 heterocycles. The molecule has 0 spiro atoms. The molecule has 1 saturated heterocycles. The van der Waals surface area contributed by atoms with Crippen LogP contribution < -0.4 is 10.5 Å². The quantitative estimate of drug-likeness (QED) is 0.261. The minimum Gasteiger partial charge on any atom is -0.494 e. The molecule has 0 saturated carbocycles. The van der Waals surface area contributed by atoms with Crippen molar-refractivity contribution in [1.82, 2.24) is 0 Å². The lowest BCUT2D eigenvalue weighted by atomic mass is 9.95. The second-order valence-corrected chi connectivity index (χ2v) is 7.98. The first-order chi connectivity index (χ1) is 15.1. The number of benzene rings is 1. The van der Waals surface area contributed by atoms with Crippen molar-refractivity contribution in [2.75, 3.05) is 18.9 Å². The summed E-state index contributed by atoms with van der Waals surface area (Å²) in [6.07, 6.45) is -1.16. The van der Waals surface area contributed by atoms with Gasteiger partial charge in [0.05, 0.1) is 19.3 Å². The van der Waals surface area contributed by atoms with Crippen molar-refractivity contribution in [3.05, 3.63) is 23.3 Å². The van der Waals surface area contributed by atoms with E-state index in [-0.39, 0.29) is 6.61 Å². The van der Waals surface area contributed by atoms with Gasteiger partial charge in [0.1, 0.15) is 5.75 Å². The van der Waals surface area contributed by atoms with Crippen molar-refractivity contribution in [2.45, 2.75) is 78.3 Å². The molecule has 1 aromatic rings. The van der Waals surface area contributed by atoms with E-state index in [0.717, 1.165) is 35.4 Å². The Morgan fingerprint density at radius 1 is 0.938 bits per heavy atom. The van der Waals surface area contributed by atoms with Gasteiger partial charge in [-0.3, -0.25) is 14.4 Å². The van der Waals surface area contributed by atoms with Gasteiger partial charge in [0.15, 0.2) is 18.3 Å². The fraction of sp³-hybridized carbons (Fsp3) is 0.609. The molecule has 1 aliphatic heterocycles. The number of rotatable bonds is 9. The largest absolute Gasteiger partial charge is 0.494 e. The fourth-order valence-electron chi connectivity index (χ4n) is 3.72. The summed E-state index contributed by atoms with van der Waals surface area (Å²) >= 11 is 0. The van der Waals surface area contributed by atoms with Crippen LogP contribution in [0.25, 0.3) is 0 Å². The third-order valence-corrected chi connectivity index (χ3v) is 5.17. The van der Waals surface area contributed by atoms with Crippen LogP contribution in [-0.4, -0.2) is 55.5 Å². The van der Waals surface area contributed by atoms with Crippen LogP contribution in [-0.2, 0) is 33.3 Å². The molecule has 2 N–H and O–H groups in total. The van der Waals surface area contributed by atoms with E-state index in [2.05, 4.69) is 0 Å². The number of unbranched alkanes of at least 4 members (excludes halogenated alkanes) is 1. The maximum Gasteiger partial charge on any atom is 0.303 e. The number of carbonyl (C=O) groups excluding carboxylic acids is 3. The molecule has 1 fully saturated rings. The predicted octanol–water partition coefficient (Wildman–Crippen LogP) is 2.63. The molecule has 0 aromatic heterocycles. The van der Waals surface area contributed by atoms with Crippen molar-refractivity contribution in [3.63, 3.8) is 0 Å². The van der Waals surface area contributed by atoms with Crippen LogP contribution in [0.1, 0.15) is 51.2 Å². The number of hydrogen-bond acceptors (Lipinski definition) is 9. The zero-order valence-electron chi connectivity index (χ0n) is 19.3. The fourth-order valence-corrected chi connectivity index (χ4v) is 3.72. The zero-order chi connectivity index (χ0) is 23.8. The molecule has 0 amide bonds. The van der Waals surface area contributed by atoms with E-state index in [4.69, 9.17) is 29.4 Å². The van der Waals surface area contributed by atoms with Crippen molar-refractivity contribution >= 4 is 23.6 Å². The van der Waals surface area contributed by atoms with Crippen molar-refractivity contribution in [3.8, 4) is 5.75 Å². The van der Waals surface area contributed by atoms with E-state index >= 15 is 0 Å². The zero-order valence-corrected chi connectivity index (χ0v) is 19.3. The molecule has 0 aliphatic carbocycles. The first-order valence-electron chi connectivity index (χ1n) is 10.7. The Morgan fingerprint density at radius 2 is 1.50 bits per heavy atom. The lowest BCUT2D eigenvalue weighted by Gasteiger charge is -2.40. The van der Waals surface area contributed by atoms with Crippen LogP contribution in [0.4, 0.5) is 5.69 Å². The lowest BCUT2D eigenvalue weighted by Crippen LogP contribution is -2.57. The molecular formula is C23H33NO8. The highest BCUT2D eigenvalue weighted by atomic mass is 16.6. The Labute approximate surface area is 188 Å². The Bertz CT molecular complexity index is 801. The minimum atomic E-state index is -0.934. The third-order valence-electron chi connectivity index (χ3n) is 5.17. The first-order valence-corrected chi connectivity index (χ1v) is 10.7. The van der Waals surface area contributed by atoms with Crippen molar-refractivity contribution in [1.29, 1.82) is 0 Å². The van der Waals surface area contributed by atoms with Crippen LogP contribution in [0.3, 0.4) is 0 Å². The van der Waals surface area contributed by atoms with Gasteiger partial charge >= 0.3 is 17.9 Å². The molecule has 32 heavy (non-hydrogen) atoms. The molecule has 2 rings (SSSR count). The number of carbonyl (C=O) groups is 3. The Hall–Kier alpha value is -2.81. The number of ether oxygens (including phenoxy) is 5. The maximum atomic E-state index is 11.7. The van der Waals surface area contributed by atoms with Crippen molar-refractivity contribution < 1.29 is 38.1 Å². The number of anilines is 1. The molecule has 4 atom stereocenters. The van der Waals surface area contributed by atoms with Crippen LogP contribution in [0.5, 0.6) is 5.75 Å². The summed E-state index contributed by atoms with van der Waals surface area (Å²) in [6.45, 7) is 8.18. The summed E-state index contributed by atoms with van der Waals surface area (Å²) in [5.41, 5.74) is 8.67. The third kappa shape index (κ3) is 7.40. The molecule has 9 nitrogen and oxygen atoms in total. The number of aryl methyl sites for hydroxylation is 2. The summed E-state index contributed by atoms with van der Waals surface area (Å²) in [6, 6.07) is 3.81. The van der Waals surface area contributed by atoms with E-state index in [1.165, 1.54) is 20.8 Å². The van der Waals surface area contributed by atoms with Gasteiger partial charge < -0.3 is 29.4 Å². The van der Waals surface area contributed by atoms with E-state index in [1.54, 1.807) is 0 Å². The van der Waals surface area contributed by atoms with Gasteiger partial charge in [0.2, 0.25) is 0 Å². The number of hydrogen-bond donors (Lipinski definition) is 1. The second-order valence-electron chi connectivity index (χ2n) is 7.98. The smallest absolute Gasteiger partial charge is 0.303 e. The van der Waals surface area contributed by atoms with Crippen molar-refractivity contribution in [2.24, 2.45) is 0 Å². The first kappa shape index (κ1) is 25.5. The Balaban J connectivity index is 1.95. The highest BCUT2D eigenvalue weighted by Crippen LogP contribution is 2.28. The monoisotopic (exact) mass is 451 g/mol. The SMILES string of the molecule is CC(=O)O[C@@H]1[C@@H](OC(C)=O)[C@H](OC(C)=O)CO[C@H]1CCCCOc1cc(C)c(N)c(C)c1. The molecule has 178 valence electrons. The second kappa shape index (κ2) is 11.7. The minimum absolute atomic E-state index is 0.0421. The number of esters is 3. The van der Waals surface area contributed by atoms with Crippen LogP contribution in [0.2, 0.25) is 0 Å². The summed E-state index contributed by atoms with van der Waals surface area (Å²) in [5.74, 6) is -0.879. The van der Waals surface area contributed by atoms with Gasteiger partial charge in [0, 0.05) is 26.5 Å². The highest BCUT2D eigenvalue weighted by Gasteiger charge is 2.46. The summed E-state index contributed by atoms with van der Waals surface area (Å²) < 4.78 is 27.7. The molecule has 1 aromatic carbocycles. The van der Waals surface area contributed by atoms with Crippen LogP contribution in [0, 0.1) is 13.8 Å². The standard InChI is InChI=1S/C23H33NO8/c1-13-10-18(11-14(2)21(13)24)28-9-7-6-8-19-22(31-16(4)26)23(32-17(5)27)20(12-29-19)30-15(3)25/h10-11,19-20,22-23H,6-9,12,24H2,1-5H3/t19-,20+,22-,23-/m0/s1. The predicted molar refractivity (Wildman–Crippen MR) is 116 cm³/mol. The maximum absolute atomic E-state index is 11.7. The summed E-state index contributed by atoms with van der Waals surface area (Å²) in [5, 5.41) is 0. The Morgan fingerprint density at radius 3 is 2.06 bits per heavy atom. The highest BCUT2D eigenvalue weighted by molar-refractivity contribution is 5.68. The van der Waals surface area contributed by atoms with Gasteiger partial charge in [-0.05, 0) is 56.4 Å². The summed E-state index contributed by atoms with van der Waals surface area (Å²) in [7, 11) is 0. The molecular weight excluding hydrogens is 418 g/mol. The van der Waals surface area contributed by atoms with Crippen LogP contribution in [0.15, 0.2) is 12.1 Å². The molecule has 0 unspecified atom stereocenters. The van der Waals surface area contributed by atoms with Gasteiger partial charge in [0.25, 0.3) is 0 Å². The van der Waals surface area contributed by atoms with E-state index in [9.17, 15) is 14.4 Å². The number of nitrogen functional groups attached to an aromatic ring is 1. The van der Waals surface area contributed by atoms with E-state index < -0.39 is 42.3 Å². The topological polar surface area (TPSA) is 123 Å². The molecule has 0 bridgehead atoms.